The SMILES string of the molecule is Cc1nn(C(=O)c2ccc([N+](=O)[O-])cc2)c(C)c1N=Nc1ccc(Cl)cc1. The first-order valence-electron chi connectivity index (χ1n) is 7.89. The standard InChI is InChI=1S/C18H14ClN5O3/c1-11-17(21-20-15-7-5-14(19)6-8-15)12(2)23(22-11)18(25)13-3-9-16(10-4-13)24(26)27/h3-10H,1-2H3. The summed E-state index contributed by atoms with van der Waals surface area (Å²) in [6.45, 7) is 3.43. The van der Waals surface area contributed by atoms with Crippen molar-refractivity contribution in [2.75, 3.05) is 0 Å². The van der Waals surface area contributed by atoms with Crippen LogP contribution in [0.15, 0.2) is 58.8 Å². The summed E-state index contributed by atoms with van der Waals surface area (Å²) in [6, 6.07) is 12.2. The largest absolute Gasteiger partial charge is 0.278 e. The molecule has 0 N–H and O–H groups in total. The van der Waals surface area contributed by atoms with Crippen LogP contribution in [0, 0.1) is 24.0 Å². The maximum absolute atomic E-state index is 12.7. The number of aryl methyl sites for hydroxylation is 1. The van der Waals surface area contributed by atoms with Gasteiger partial charge in [0.25, 0.3) is 11.6 Å². The van der Waals surface area contributed by atoms with Crippen molar-refractivity contribution in [1.82, 2.24) is 9.78 Å². The number of azo groups is 1. The highest BCUT2D eigenvalue weighted by atomic mass is 35.5. The highest BCUT2D eigenvalue weighted by molar-refractivity contribution is 6.30. The molecule has 9 heteroatoms. The minimum Gasteiger partial charge on any atom is -0.267 e. The number of carbonyl (C=O) groups is 1. The number of non-ortho nitro benzene ring substituents is 1. The summed E-state index contributed by atoms with van der Waals surface area (Å²) < 4.78 is 1.21. The molecule has 1 heterocycles. The van der Waals surface area contributed by atoms with Gasteiger partial charge in [-0.1, -0.05) is 11.6 Å². The van der Waals surface area contributed by atoms with Gasteiger partial charge in [-0.3, -0.25) is 14.9 Å². The van der Waals surface area contributed by atoms with Crippen LogP contribution >= 0.6 is 11.6 Å². The van der Waals surface area contributed by atoms with E-state index in [1.807, 2.05) is 0 Å². The van der Waals surface area contributed by atoms with Crippen molar-refractivity contribution in [2.45, 2.75) is 13.8 Å². The minimum atomic E-state index is -0.521. The van der Waals surface area contributed by atoms with Crippen molar-refractivity contribution in [3.8, 4) is 0 Å². The third kappa shape index (κ3) is 3.90. The summed E-state index contributed by atoms with van der Waals surface area (Å²) in [5.41, 5.74) is 2.37. The molecule has 0 radical (unpaired) electrons. The quantitative estimate of drug-likeness (QED) is 0.352. The van der Waals surface area contributed by atoms with Crippen LogP contribution in [0.25, 0.3) is 0 Å². The molecule has 2 aromatic carbocycles. The van der Waals surface area contributed by atoms with Gasteiger partial charge in [0.2, 0.25) is 0 Å². The molecule has 0 saturated carbocycles. The van der Waals surface area contributed by atoms with E-state index in [9.17, 15) is 14.9 Å². The molecule has 3 rings (SSSR count). The number of benzene rings is 2. The van der Waals surface area contributed by atoms with Crippen LogP contribution in [0.5, 0.6) is 0 Å². The first-order chi connectivity index (χ1) is 12.9. The average molecular weight is 384 g/mol. The third-order valence-electron chi connectivity index (χ3n) is 3.86. The lowest BCUT2D eigenvalue weighted by atomic mass is 10.2. The Balaban J connectivity index is 1.89. The molecule has 0 unspecified atom stereocenters. The lowest BCUT2D eigenvalue weighted by Gasteiger charge is -2.03. The lowest BCUT2D eigenvalue weighted by molar-refractivity contribution is -0.384. The van der Waals surface area contributed by atoms with Crippen molar-refractivity contribution in [1.29, 1.82) is 0 Å². The first-order valence-corrected chi connectivity index (χ1v) is 8.27. The molecule has 0 spiro atoms. The molecule has 0 amide bonds. The molecule has 0 saturated heterocycles. The van der Waals surface area contributed by atoms with Crippen LogP contribution in [0.2, 0.25) is 5.02 Å². The van der Waals surface area contributed by atoms with E-state index in [0.29, 0.717) is 27.8 Å². The van der Waals surface area contributed by atoms with Gasteiger partial charge in [0.05, 0.1) is 22.0 Å². The van der Waals surface area contributed by atoms with Crippen molar-refractivity contribution in [3.63, 3.8) is 0 Å². The van der Waals surface area contributed by atoms with E-state index in [2.05, 4.69) is 15.3 Å². The molecule has 0 aliphatic heterocycles. The maximum atomic E-state index is 12.7. The number of carbonyl (C=O) groups excluding carboxylic acids is 1. The number of nitro benzene ring substituents is 1. The van der Waals surface area contributed by atoms with Gasteiger partial charge in [0.1, 0.15) is 5.69 Å². The van der Waals surface area contributed by atoms with E-state index in [1.54, 1.807) is 38.1 Å². The number of nitrogens with zero attached hydrogens (tertiary/aromatic N) is 5. The van der Waals surface area contributed by atoms with Gasteiger partial charge >= 0.3 is 0 Å². The molecule has 0 aliphatic rings. The predicted octanol–water partition coefficient (Wildman–Crippen LogP) is 5.17. The summed E-state index contributed by atoms with van der Waals surface area (Å²) in [7, 11) is 0. The fraction of sp³-hybridized carbons (Fsp3) is 0.111. The summed E-state index contributed by atoms with van der Waals surface area (Å²) >= 11 is 5.84. The van der Waals surface area contributed by atoms with Crippen LogP contribution < -0.4 is 0 Å². The molecule has 1 aromatic heterocycles. The number of aromatic nitrogens is 2. The molecular weight excluding hydrogens is 370 g/mol. The molecule has 0 bridgehead atoms. The van der Waals surface area contributed by atoms with E-state index >= 15 is 0 Å². The van der Waals surface area contributed by atoms with Gasteiger partial charge in [-0.25, -0.2) is 0 Å². The van der Waals surface area contributed by atoms with Gasteiger partial charge in [-0.15, -0.1) is 5.11 Å². The molecule has 0 fully saturated rings. The van der Waals surface area contributed by atoms with Crippen LogP contribution in [0.3, 0.4) is 0 Å². The normalized spacial score (nSPS) is 11.1. The van der Waals surface area contributed by atoms with Gasteiger partial charge < -0.3 is 0 Å². The van der Waals surface area contributed by atoms with Crippen LogP contribution in [0.1, 0.15) is 21.7 Å². The topological polar surface area (TPSA) is 103 Å². The predicted molar refractivity (Wildman–Crippen MR) is 100 cm³/mol. The Morgan fingerprint density at radius 3 is 2.30 bits per heavy atom. The Morgan fingerprint density at radius 1 is 1.07 bits per heavy atom. The minimum absolute atomic E-state index is 0.0858. The lowest BCUT2D eigenvalue weighted by Crippen LogP contribution is -2.15. The molecular formula is C18H14ClN5O3. The summed E-state index contributed by atoms with van der Waals surface area (Å²) in [4.78, 5) is 22.9. The summed E-state index contributed by atoms with van der Waals surface area (Å²) in [6.07, 6.45) is 0. The van der Waals surface area contributed by atoms with E-state index in [-0.39, 0.29) is 11.3 Å². The molecule has 0 atom stereocenters. The highest BCUT2D eigenvalue weighted by Crippen LogP contribution is 2.27. The average Bonchev–Trinajstić information content (AvgIpc) is 2.94. The van der Waals surface area contributed by atoms with E-state index in [1.165, 1.54) is 28.9 Å². The molecule has 0 aliphatic carbocycles. The second kappa shape index (κ2) is 7.46. The monoisotopic (exact) mass is 383 g/mol. The van der Waals surface area contributed by atoms with Crippen molar-refractivity contribution in [3.05, 3.63) is 80.6 Å². The molecule has 136 valence electrons. The highest BCUT2D eigenvalue weighted by Gasteiger charge is 2.18. The fourth-order valence-electron chi connectivity index (χ4n) is 2.44. The zero-order valence-electron chi connectivity index (χ0n) is 14.5. The molecule has 27 heavy (non-hydrogen) atoms. The first kappa shape index (κ1) is 18.4. The van der Waals surface area contributed by atoms with E-state index in [4.69, 9.17) is 11.6 Å². The van der Waals surface area contributed by atoms with Crippen LogP contribution in [-0.2, 0) is 0 Å². The Hall–Kier alpha value is -3.39. The number of halogens is 1. The van der Waals surface area contributed by atoms with Gasteiger partial charge in [0.15, 0.2) is 0 Å². The number of hydrogen-bond donors (Lipinski definition) is 0. The zero-order chi connectivity index (χ0) is 19.6. The van der Waals surface area contributed by atoms with Gasteiger partial charge in [0, 0.05) is 22.7 Å². The molecule has 8 nitrogen and oxygen atoms in total. The summed E-state index contributed by atoms with van der Waals surface area (Å²) in [5.74, 6) is -0.404. The number of nitro groups is 1. The van der Waals surface area contributed by atoms with Crippen LogP contribution in [-0.4, -0.2) is 20.6 Å². The summed E-state index contributed by atoms with van der Waals surface area (Å²) in [5, 5.41) is 23.9. The second-order valence-corrected chi connectivity index (χ2v) is 6.15. The van der Waals surface area contributed by atoms with E-state index in [0.717, 1.165) is 0 Å². The van der Waals surface area contributed by atoms with Crippen molar-refractivity contribution < 1.29 is 9.72 Å². The Morgan fingerprint density at radius 2 is 1.70 bits per heavy atom. The smallest absolute Gasteiger partial charge is 0.267 e. The Kier molecular flexibility index (Phi) is 5.09. The van der Waals surface area contributed by atoms with Gasteiger partial charge in [-0.05, 0) is 50.2 Å². The number of rotatable bonds is 4. The number of hydrogen-bond acceptors (Lipinski definition) is 6. The second-order valence-electron chi connectivity index (χ2n) is 5.72. The fourth-order valence-corrected chi connectivity index (χ4v) is 2.57. The van der Waals surface area contributed by atoms with Crippen LogP contribution in [0.4, 0.5) is 17.1 Å². The third-order valence-corrected chi connectivity index (χ3v) is 4.11. The van der Waals surface area contributed by atoms with Gasteiger partial charge in [-0.2, -0.15) is 14.9 Å². The van der Waals surface area contributed by atoms with Crippen molar-refractivity contribution >= 4 is 34.6 Å². The molecule has 3 aromatic rings. The Bertz CT molecular complexity index is 1040. The zero-order valence-corrected chi connectivity index (χ0v) is 15.2. The Labute approximate surface area is 159 Å². The maximum Gasteiger partial charge on any atom is 0.278 e. The van der Waals surface area contributed by atoms with Crippen molar-refractivity contribution in [2.24, 2.45) is 10.2 Å². The van der Waals surface area contributed by atoms with E-state index < -0.39 is 10.8 Å².